The number of amides is 1. The highest BCUT2D eigenvalue weighted by atomic mass is 79.9. The van der Waals surface area contributed by atoms with Crippen molar-refractivity contribution in [3.63, 3.8) is 0 Å². The van der Waals surface area contributed by atoms with E-state index < -0.39 is 23.7 Å². The van der Waals surface area contributed by atoms with Gasteiger partial charge in [0.05, 0.1) is 11.8 Å². The molecule has 100 valence electrons. The van der Waals surface area contributed by atoms with Crippen molar-refractivity contribution in [2.75, 3.05) is 0 Å². The molecule has 2 rings (SSSR count). The Kier molecular flexibility index (Phi) is 3.85. The Morgan fingerprint density at radius 2 is 1.89 bits per heavy atom. The van der Waals surface area contributed by atoms with E-state index in [4.69, 9.17) is 5.73 Å². The second kappa shape index (κ2) is 5.25. The van der Waals surface area contributed by atoms with Gasteiger partial charge in [-0.15, -0.1) is 0 Å². The predicted molar refractivity (Wildman–Crippen MR) is 72.8 cm³/mol. The van der Waals surface area contributed by atoms with Crippen LogP contribution >= 0.6 is 15.9 Å². The molecule has 1 fully saturated rings. The van der Waals surface area contributed by atoms with Crippen LogP contribution in [-0.2, 0) is 4.79 Å². The highest BCUT2D eigenvalue weighted by Crippen LogP contribution is 2.62. The number of nitrogens with two attached hydrogens (primary N) is 1. The van der Waals surface area contributed by atoms with Gasteiger partial charge in [0.1, 0.15) is 0 Å². The molecule has 1 amide bonds. The molecule has 0 spiro atoms. The van der Waals surface area contributed by atoms with Crippen molar-refractivity contribution in [2.45, 2.75) is 11.8 Å². The highest BCUT2D eigenvalue weighted by Gasteiger charge is 2.67. The fourth-order valence-corrected chi connectivity index (χ4v) is 2.29. The van der Waals surface area contributed by atoms with Crippen molar-refractivity contribution in [1.82, 2.24) is 0 Å². The zero-order valence-corrected chi connectivity index (χ0v) is 11.5. The first-order valence-corrected chi connectivity index (χ1v) is 6.50. The maximum atomic E-state index is 13.7. The van der Waals surface area contributed by atoms with Crippen LogP contribution in [0.2, 0.25) is 0 Å². The van der Waals surface area contributed by atoms with Crippen molar-refractivity contribution in [2.24, 2.45) is 11.7 Å². The van der Waals surface area contributed by atoms with Crippen LogP contribution in [0, 0.1) is 5.92 Å². The molecule has 0 aromatic heterocycles. The van der Waals surface area contributed by atoms with Crippen LogP contribution in [-0.4, -0.2) is 11.8 Å². The molecule has 0 bridgehead atoms. The Bertz CT molecular complexity index is 537. The molecule has 2 N–H and O–H groups in total. The van der Waals surface area contributed by atoms with E-state index in [1.807, 2.05) is 0 Å². The van der Waals surface area contributed by atoms with E-state index in [9.17, 15) is 13.6 Å². The van der Waals surface area contributed by atoms with Gasteiger partial charge in [0.25, 0.3) is 5.92 Å². The largest absolute Gasteiger partial charge is 0.366 e. The lowest BCUT2D eigenvalue weighted by Crippen LogP contribution is -2.04. The van der Waals surface area contributed by atoms with Gasteiger partial charge < -0.3 is 5.73 Å². The van der Waals surface area contributed by atoms with Crippen molar-refractivity contribution in [1.29, 1.82) is 0 Å². The average molecular weight is 328 g/mol. The lowest BCUT2D eigenvalue weighted by Gasteiger charge is -1.98. The number of hydrogen-bond donors (Lipinski definition) is 1. The first-order valence-electron chi connectivity index (χ1n) is 5.70. The molecule has 1 aliphatic rings. The minimum absolute atomic E-state index is 0.600. The Labute approximate surface area is 118 Å². The van der Waals surface area contributed by atoms with Gasteiger partial charge in [-0.05, 0) is 17.7 Å². The summed E-state index contributed by atoms with van der Waals surface area (Å²) in [7, 11) is 0. The normalized spacial score (nSPS) is 25.0. The molecule has 19 heavy (non-hydrogen) atoms. The smallest absolute Gasteiger partial charge is 0.262 e. The van der Waals surface area contributed by atoms with E-state index in [0.717, 1.165) is 10.5 Å². The van der Waals surface area contributed by atoms with Gasteiger partial charge in [-0.2, -0.15) is 0 Å². The first kappa shape index (κ1) is 13.9. The summed E-state index contributed by atoms with van der Waals surface area (Å²) in [4.78, 5) is 10.5. The van der Waals surface area contributed by atoms with E-state index in [1.165, 1.54) is 18.2 Å². The summed E-state index contributed by atoms with van der Waals surface area (Å²) in [6.07, 6.45) is 5.34. The molecule has 1 saturated carbocycles. The summed E-state index contributed by atoms with van der Waals surface area (Å²) in [5.41, 5.74) is 5.51. The second-order valence-corrected chi connectivity index (χ2v) is 5.29. The molecule has 0 saturated heterocycles. The first-order chi connectivity index (χ1) is 8.93. The number of rotatable bonds is 4. The molecule has 0 aliphatic heterocycles. The zero-order valence-electron chi connectivity index (χ0n) is 9.89. The molecule has 1 aliphatic carbocycles. The number of carbonyl (C=O) groups excluding carboxylic acids is 1. The summed E-state index contributed by atoms with van der Waals surface area (Å²) in [5, 5.41) is 0. The van der Waals surface area contributed by atoms with Crippen LogP contribution in [0.15, 0.2) is 53.0 Å². The molecule has 2 nitrogen and oxygen atoms in total. The van der Waals surface area contributed by atoms with Gasteiger partial charge >= 0.3 is 0 Å². The minimum Gasteiger partial charge on any atom is -0.366 e. The van der Waals surface area contributed by atoms with E-state index in [-0.39, 0.29) is 0 Å². The number of carbonyl (C=O) groups is 1. The third kappa shape index (κ3) is 3.10. The van der Waals surface area contributed by atoms with E-state index in [0.29, 0.717) is 5.56 Å². The Balaban J connectivity index is 2.07. The van der Waals surface area contributed by atoms with Crippen LogP contribution in [0.3, 0.4) is 0 Å². The summed E-state index contributed by atoms with van der Waals surface area (Å²) >= 11 is 3.27. The van der Waals surface area contributed by atoms with E-state index in [1.54, 1.807) is 24.3 Å². The summed E-state index contributed by atoms with van der Waals surface area (Å²) in [5.74, 6) is -4.95. The maximum Gasteiger partial charge on any atom is 0.262 e. The monoisotopic (exact) mass is 327 g/mol. The third-order valence-electron chi connectivity index (χ3n) is 3.03. The third-order valence-corrected chi connectivity index (χ3v) is 3.56. The number of allylic oxidation sites excluding steroid dienone is 3. The Morgan fingerprint density at radius 3 is 2.47 bits per heavy atom. The molecule has 0 unspecified atom stereocenters. The molecule has 2 atom stereocenters. The quantitative estimate of drug-likeness (QED) is 0.668. The van der Waals surface area contributed by atoms with Crippen molar-refractivity contribution in [3.05, 3.63) is 58.6 Å². The van der Waals surface area contributed by atoms with Gasteiger partial charge in [0, 0.05) is 10.5 Å². The second-order valence-electron chi connectivity index (χ2n) is 4.38. The molecule has 1 aromatic rings. The van der Waals surface area contributed by atoms with Crippen molar-refractivity contribution < 1.29 is 13.6 Å². The Hall–Kier alpha value is -1.49. The molecule has 5 heteroatoms. The van der Waals surface area contributed by atoms with Crippen LogP contribution < -0.4 is 5.73 Å². The predicted octanol–water partition coefficient (Wildman–Crippen LogP) is 3.40. The lowest BCUT2D eigenvalue weighted by atomic mass is 10.1. The van der Waals surface area contributed by atoms with Gasteiger partial charge in [0.15, 0.2) is 0 Å². The fourth-order valence-electron chi connectivity index (χ4n) is 2.02. The highest BCUT2D eigenvalue weighted by molar-refractivity contribution is 9.10. The lowest BCUT2D eigenvalue weighted by molar-refractivity contribution is -0.113. The van der Waals surface area contributed by atoms with Gasteiger partial charge in [-0.1, -0.05) is 46.3 Å². The maximum absolute atomic E-state index is 13.7. The molecule has 1 aromatic carbocycles. The summed E-state index contributed by atoms with van der Waals surface area (Å²) in [6, 6.07) is 6.88. The number of hydrogen-bond acceptors (Lipinski definition) is 1. The van der Waals surface area contributed by atoms with Gasteiger partial charge in [0.2, 0.25) is 5.91 Å². The van der Waals surface area contributed by atoms with E-state index >= 15 is 0 Å². The van der Waals surface area contributed by atoms with E-state index in [2.05, 4.69) is 15.9 Å². The molecule has 0 heterocycles. The Morgan fingerprint density at radius 1 is 1.26 bits per heavy atom. The van der Waals surface area contributed by atoms with Crippen molar-refractivity contribution in [3.8, 4) is 0 Å². The van der Waals surface area contributed by atoms with Crippen molar-refractivity contribution >= 4 is 21.8 Å². The van der Waals surface area contributed by atoms with Gasteiger partial charge in [-0.25, -0.2) is 8.78 Å². The standard InChI is InChI=1S/C14H12BrF2NO/c15-10-7-5-9(6-8-10)13-11(14(13,16)17)3-1-2-4-12(18)19/h1-8,11,13H,(H2,18,19)/t11-,13-/m0/s1. The number of alkyl halides is 2. The van der Waals surface area contributed by atoms with Crippen LogP contribution in [0.1, 0.15) is 11.5 Å². The summed E-state index contributed by atoms with van der Waals surface area (Å²) < 4.78 is 28.2. The number of primary amides is 1. The topological polar surface area (TPSA) is 43.1 Å². The SMILES string of the molecule is NC(=O)C=CC=C[C@H]1[C@H](c2ccc(Br)cc2)C1(F)F. The summed E-state index contributed by atoms with van der Waals surface area (Å²) in [6.45, 7) is 0. The molecule has 0 radical (unpaired) electrons. The van der Waals surface area contributed by atoms with Gasteiger partial charge in [-0.3, -0.25) is 4.79 Å². The van der Waals surface area contributed by atoms with Crippen LogP contribution in [0.5, 0.6) is 0 Å². The molecular formula is C14H12BrF2NO. The van der Waals surface area contributed by atoms with Crippen LogP contribution in [0.4, 0.5) is 8.78 Å². The fraction of sp³-hybridized carbons (Fsp3) is 0.214. The number of benzene rings is 1. The average Bonchev–Trinajstić information content (AvgIpc) is 2.88. The zero-order chi connectivity index (χ0) is 14.0. The van der Waals surface area contributed by atoms with Crippen LogP contribution in [0.25, 0.3) is 0 Å². The minimum atomic E-state index is -2.73. The molecular weight excluding hydrogens is 316 g/mol. The number of halogens is 3.